The smallest absolute Gasteiger partial charge is 0.410 e. The van der Waals surface area contributed by atoms with E-state index in [0.717, 1.165) is 44.2 Å². The molecule has 1 aliphatic rings. The molecule has 7 heteroatoms. The van der Waals surface area contributed by atoms with Crippen LogP contribution in [0.2, 0.25) is 0 Å². The molecule has 0 atom stereocenters. The topological polar surface area (TPSA) is 63.5 Å². The van der Waals surface area contributed by atoms with E-state index in [1.807, 2.05) is 39.3 Å². The third-order valence-electron chi connectivity index (χ3n) is 3.79. The summed E-state index contributed by atoms with van der Waals surface area (Å²) in [4.78, 5) is 16.3. The first-order valence-electron chi connectivity index (χ1n) is 7.81. The molecule has 1 aromatic rings. The second kappa shape index (κ2) is 6.64. The second-order valence-electron chi connectivity index (χ2n) is 6.82. The van der Waals surface area contributed by atoms with Crippen LogP contribution in [0.15, 0.2) is 0 Å². The van der Waals surface area contributed by atoms with Gasteiger partial charge in [0.2, 0.25) is 0 Å². The quantitative estimate of drug-likeness (QED) is 0.830. The van der Waals surface area contributed by atoms with Gasteiger partial charge < -0.3 is 14.2 Å². The highest BCUT2D eigenvalue weighted by molar-refractivity contribution is 5.68. The predicted octanol–water partition coefficient (Wildman–Crippen LogP) is 1.57. The van der Waals surface area contributed by atoms with E-state index in [-0.39, 0.29) is 6.09 Å². The number of carbonyl (C=O) groups is 1. The van der Waals surface area contributed by atoms with E-state index in [4.69, 9.17) is 4.74 Å². The maximum atomic E-state index is 12.1. The Morgan fingerprint density at radius 2 is 1.91 bits per heavy atom. The largest absolute Gasteiger partial charge is 0.444 e. The molecule has 0 N–H and O–H groups in total. The summed E-state index contributed by atoms with van der Waals surface area (Å²) in [6.07, 6.45) is 0.722. The highest BCUT2D eigenvalue weighted by Gasteiger charge is 2.24. The van der Waals surface area contributed by atoms with Gasteiger partial charge in [-0.2, -0.15) is 0 Å². The molecule has 1 aliphatic heterocycles. The standard InChI is InChI=1S/C15H27N5O2/c1-12-16-17-13(18(12)5)11-19-7-6-8-20(10-9-19)14(21)22-15(2,3)4/h6-11H2,1-5H3. The van der Waals surface area contributed by atoms with E-state index in [1.165, 1.54) is 0 Å². The zero-order chi connectivity index (χ0) is 16.3. The highest BCUT2D eigenvalue weighted by Crippen LogP contribution is 2.13. The maximum Gasteiger partial charge on any atom is 0.410 e. The van der Waals surface area contributed by atoms with Gasteiger partial charge in [-0.25, -0.2) is 4.79 Å². The number of hydrogen-bond donors (Lipinski definition) is 0. The van der Waals surface area contributed by atoms with Crippen LogP contribution in [0, 0.1) is 6.92 Å². The number of aryl methyl sites for hydroxylation is 1. The minimum Gasteiger partial charge on any atom is -0.444 e. The van der Waals surface area contributed by atoms with Crippen molar-refractivity contribution in [3.63, 3.8) is 0 Å². The van der Waals surface area contributed by atoms with Crippen molar-refractivity contribution in [1.29, 1.82) is 0 Å². The van der Waals surface area contributed by atoms with Crippen LogP contribution in [0.25, 0.3) is 0 Å². The third-order valence-corrected chi connectivity index (χ3v) is 3.79. The normalized spacial score (nSPS) is 17.4. The highest BCUT2D eigenvalue weighted by atomic mass is 16.6. The molecule has 2 rings (SSSR count). The first-order valence-corrected chi connectivity index (χ1v) is 7.81. The Balaban J connectivity index is 1.90. The molecule has 0 aliphatic carbocycles. The average Bonchev–Trinajstić information content (AvgIpc) is 2.64. The van der Waals surface area contributed by atoms with E-state index in [9.17, 15) is 4.79 Å². The zero-order valence-electron chi connectivity index (χ0n) is 14.3. The molecule has 1 fully saturated rings. The van der Waals surface area contributed by atoms with Crippen molar-refractivity contribution in [1.82, 2.24) is 24.6 Å². The number of nitrogens with zero attached hydrogens (tertiary/aromatic N) is 5. The lowest BCUT2D eigenvalue weighted by Crippen LogP contribution is -2.39. The first kappa shape index (κ1) is 16.7. The van der Waals surface area contributed by atoms with E-state index in [1.54, 1.807) is 4.90 Å². The van der Waals surface area contributed by atoms with Crippen LogP contribution in [0.1, 0.15) is 38.8 Å². The Kier molecular flexibility index (Phi) is 5.05. The minimum atomic E-state index is -0.445. The van der Waals surface area contributed by atoms with Crippen LogP contribution in [-0.4, -0.2) is 62.4 Å². The van der Waals surface area contributed by atoms with Crippen LogP contribution in [-0.2, 0) is 18.3 Å². The van der Waals surface area contributed by atoms with Gasteiger partial charge >= 0.3 is 6.09 Å². The van der Waals surface area contributed by atoms with Gasteiger partial charge in [-0.05, 0) is 34.1 Å². The fourth-order valence-corrected chi connectivity index (χ4v) is 2.43. The third kappa shape index (κ3) is 4.43. The number of aromatic nitrogens is 3. The molecule has 0 spiro atoms. The molecular formula is C15H27N5O2. The fraction of sp³-hybridized carbons (Fsp3) is 0.800. The van der Waals surface area contributed by atoms with Crippen LogP contribution in [0.3, 0.4) is 0 Å². The summed E-state index contributed by atoms with van der Waals surface area (Å²) < 4.78 is 7.46. The van der Waals surface area contributed by atoms with Gasteiger partial charge in [-0.3, -0.25) is 4.90 Å². The average molecular weight is 309 g/mol. The zero-order valence-corrected chi connectivity index (χ0v) is 14.3. The van der Waals surface area contributed by atoms with Crippen molar-refractivity contribution in [2.45, 2.75) is 46.3 Å². The van der Waals surface area contributed by atoms with Gasteiger partial charge in [-0.15, -0.1) is 10.2 Å². The Hall–Kier alpha value is -1.63. The van der Waals surface area contributed by atoms with Crippen molar-refractivity contribution < 1.29 is 9.53 Å². The molecule has 124 valence electrons. The summed E-state index contributed by atoms with van der Waals surface area (Å²) in [6.45, 7) is 11.6. The van der Waals surface area contributed by atoms with Crippen LogP contribution in [0.4, 0.5) is 4.79 Å². The molecule has 1 saturated heterocycles. The summed E-state index contributed by atoms with van der Waals surface area (Å²) in [5.74, 6) is 1.88. The number of carbonyl (C=O) groups excluding carboxylic acids is 1. The Labute approximate surface area is 132 Å². The van der Waals surface area contributed by atoms with Gasteiger partial charge in [-0.1, -0.05) is 0 Å². The van der Waals surface area contributed by atoms with Gasteiger partial charge in [0.15, 0.2) is 0 Å². The number of amides is 1. The molecule has 1 aromatic heterocycles. The predicted molar refractivity (Wildman–Crippen MR) is 83.4 cm³/mol. The fourth-order valence-electron chi connectivity index (χ4n) is 2.43. The summed E-state index contributed by atoms with van der Waals surface area (Å²) in [5, 5.41) is 8.30. The first-order chi connectivity index (χ1) is 10.3. The van der Waals surface area contributed by atoms with E-state index in [2.05, 4.69) is 15.1 Å². The van der Waals surface area contributed by atoms with Crippen LogP contribution >= 0.6 is 0 Å². The molecule has 2 heterocycles. The Bertz CT molecular complexity index is 520. The SMILES string of the molecule is Cc1nnc(CN2CCCN(C(=O)OC(C)(C)C)CC2)n1C. The molecule has 0 saturated carbocycles. The van der Waals surface area contributed by atoms with Crippen molar-refractivity contribution in [3.05, 3.63) is 11.6 Å². The molecule has 1 amide bonds. The molecule has 0 bridgehead atoms. The molecule has 7 nitrogen and oxygen atoms in total. The number of rotatable bonds is 2. The van der Waals surface area contributed by atoms with Crippen LogP contribution in [0.5, 0.6) is 0 Å². The Morgan fingerprint density at radius 3 is 2.50 bits per heavy atom. The lowest BCUT2D eigenvalue weighted by Gasteiger charge is -2.26. The summed E-state index contributed by atoms with van der Waals surface area (Å²) in [5.41, 5.74) is -0.445. The maximum absolute atomic E-state index is 12.1. The van der Waals surface area contributed by atoms with Gasteiger partial charge in [0.25, 0.3) is 0 Å². The second-order valence-corrected chi connectivity index (χ2v) is 6.82. The van der Waals surface area contributed by atoms with Gasteiger partial charge in [0.05, 0.1) is 6.54 Å². The van der Waals surface area contributed by atoms with Crippen molar-refractivity contribution in [3.8, 4) is 0 Å². The summed E-state index contributed by atoms with van der Waals surface area (Å²) in [6, 6.07) is 0. The lowest BCUT2D eigenvalue weighted by atomic mass is 10.2. The van der Waals surface area contributed by atoms with E-state index >= 15 is 0 Å². The monoisotopic (exact) mass is 309 g/mol. The van der Waals surface area contributed by atoms with Gasteiger partial charge in [0.1, 0.15) is 17.2 Å². The number of hydrogen-bond acceptors (Lipinski definition) is 5. The summed E-state index contributed by atoms with van der Waals surface area (Å²) in [7, 11) is 1.98. The van der Waals surface area contributed by atoms with E-state index in [0.29, 0.717) is 6.54 Å². The molecular weight excluding hydrogens is 282 g/mol. The van der Waals surface area contributed by atoms with Crippen molar-refractivity contribution >= 4 is 6.09 Å². The molecule has 0 aromatic carbocycles. The molecule has 22 heavy (non-hydrogen) atoms. The van der Waals surface area contributed by atoms with Gasteiger partial charge in [0, 0.05) is 33.2 Å². The van der Waals surface area contributed by atoms with Crippen molar-refractivity contribution in [2.75, 3.05) is 26.2 Å². The molecule has 0 unspecified atom stereocenters. The Morgan fingerprint density at radius 1 is 1.18 bits per heavy atom. The summed E-state index contributed by atoms with van der Waals surface area (Å²) >= 11 is 0. The lowest BCUT2D eigenvalue weighted by molar-refractivity contribution is 0.0257. The minimum absolute atomic E-state index is 0.219. The van der Waals surface area contributed by atoms with E-state index < -0.39 is 5.60 Å². The number of ether oxygens (including phenoxy) is 1. The molecule has 0 radical (unpaired) electrons. The van der Waals surface area contributed by atoms with Crippen molar-refractivity contribution in [2.24, 2.45) is 7.05 Å². The van der Waals surface area contributed by atoms with Crippen LogP contribution < -0.4 is 0 Å².